The number of anilines is 2. The largest absolute Gasteiger partial charge is 0.497 e. The van der Waals surface area contributed by atoms with E-state index in [1.165, 1.54) is 0 Å². The number of esters is 1. The van der Waals surface area contributed by atoms with E-state index in [1.807, 2.05) is 32.0 Å². The van der Waals surface area contributed by atoms with Gasteiger partial charge in [0.05, 0.1) is 13.0 Å². The van der Waals surface area contributed by atoms with Crippen molar-refractivity contribution in [3.63, 3.8) is 0 Å². The van der Waals surface area contributed by atoms with Crippen LogP contribution in [0.1, 0.15) is 17.5 Å². The number of rotatable bonds is 8. The predicted molar refractivity (Wildman–Crippen MR) is 135 cm³/mol. The van der Waals surface area contributed by atoms with Crippen LogP contribution < -0.4 is 19.7 Å². The van der Waals surface area contributed by atoms with Gasteiger partial charge in [-0.1, -0.05) is 6.07 Å². The number of benzene rings is 3. The van der Waals surface area contributed by atoms with Crippen LogP contribution in [0.2, 0.25) is 0 Å². The number of carbonyl (C=O) groups excluding carboxylic acids is 3. The Morgan fingerprint density at radius 2 is 1.50 bits per heavy atom. The van der Waals surface area contributed by atoms with E-state index in [0.717, 1.165) is 16.9 Å². The van der Waals surface area contributed by atoms with Gasteiger partial charge in [-0.3, -0.25) is 14.4 Å². The van der Waals surface area contributed by atoms with Crippen LogP contribution in [0.5, 0.6) is 17.2 Å². The van der Waals surface area contributed by atoms with Gasteiger partial charge in [0.25, 0.3) is 5.91 Å². The quantitative estimate of drug-likeness (QED) is 0.465. The van der Waals surface area contributed by atoms with Crippen LogP contribution in [-0.4, -0.2) is 38.0 Å². The van der Waals surface area contributed by atoms with Crippen LogP contribution in [0.15, 0.2) is 66.7 Å². The van der Waals surface area contributed by atoms with E-state index in [-0.39, 0.29) is 18.9 Å². The summed E-state index contributed by atoms with van der Waals surface area (Å²) in [5.41, 5.74) is 3.35. The highest BCUT2D eigenvalue weighted by atomic mass is 16.5. The zero-order chi connectivity index (χ0) is 25.7. The highest BCUT2D eigenvalue weighted by molar-refractivity contribution is 6.00. The number of amides is 2. The number of hydrogen-bond acceptors (Lipinski definition) is 6. The van der Waals surface area contributed by atoms with Gasteiger partial charge < -0.3 is 24.4 Å². The molecule has 0 spiro atoms. The maximum Gasteiger partial charge on any atom is 0.311 e. The molecule has 3 aromatic carbocycles. The number of ether oxygens (including phenoxy) is 3. The summed E-state index contributed by atoms with van der Waals surface area (Å²) in [5.74, 6) is 0.192. The molecule has 186 valence electrons. The van der Waals surface area contributed by atoms with Crippen molar-refractivity contribution in [1.82, 2.24) is 0 Å². The van der Waals surface area contributed by atoms with Crippen molar-refractivity contribution in [2.75, 3.05) is 30.5 Å². The zero-order valence-electron chi connectivity index (χ0n) is 20.4. The molecule has 1 heterocycles. The molecule has 4 rings (SSSR count). The number of nitrogens with one attached hydrogen (secondary N) is 1. The standard InChI is InChI=1S/C28H28N2O6/c1-18-12-19(2)14-21(13-18)29-26(31)17-35-28(33)20-15-27(32)30(16-20)22-4-6-24(7-5-22)36-25-10-8-23(34-3)9-11-25/h4-14,20H,15-17H2,1-3H3,(H,29,31)/t20-/m0/s1. The Morgan fingerprint density at radius 1 is 0.917 bits per heavy atom. The fraction of sp³-hybridized carbons (Fsp3) is 0.250. The second kappa shape index (κ2) is 10.9. The maximum atomic E-state index is 12.6. The van der Waals surface area contributed by atoms with Crippen LogP contribution in [0.4, 0.5) is 11.4 Å². The molecule has 8 nitrogen and oxygen atoms in total. The van der Waals surface area contributed by atoms with Crippen LogP contribution in [0.25, 0.3) is 0 Å². The van der Waals surface area contributed by atoms with Crippen molar-refractivity contribution >= 4 is 29.2 Å². The lowest BCUT2D eigenvalue weighted by Gasteiger charge is -2.17. The Kier molecular flexibility index (Phi) is 7.53. The first-order chi connectivity index (χ1) is 17.3. The Hall–Kier alpha value is -4.33. The summed E-state index contributed by atoms with van der Waals surface area (Å²) in [5, 5.41) is 2.73. The Bertz CT molecular complexity index is 1230. The van der Waals surface area contributed by atoms with Gasteiger partial charge in [0.15, 0.2) is 6.61 Å². The molecule has 3 aromatic rings. The lowest BCUT2D eigenvalue weighted by molar-refractivity contribution is -0.151. The lowest BCUT2D eigenvalue weighted by Crippen LogP contribution is -2.28. The van der Waals surface area contributed by atoms with Crippen molar-refractivity contribution in [3.05, 3.63) is 77.9 Å². The first-order valence-corrected chi connectivity index (χ1v) is 11.6. The lowest BCUT2D eigenvalue weighted by atomic mass is 10.1. The monoisotopic (exact) mass is 488 g/mol. The molecule has 1 fully saturated rings. The molecule has 0 unspecified atom stereocenters. The minimum absolute atomic E-state index is 0.0294. The van der Waals surface area contributed by atoms with E-state index >= 15 is 0 Å². The second-order valence-corrected chi connectivity index (χ2v) is 8.71. The summed E-state index contributed by atoms with van der Waals surface area (Å²) in [6.07, 6.45) is 0.0294. The van der Waals surface area contributed by atoms with Crippen molar-refractivity contribution in [2.24, 2.45) is 5.92 Å². The molecule has 36 heavy (non-hydrogen) atoms. The van der Waals surface area contributed by atoms with Gasteiger partial charge in [-0.2, -0.15) is 0 Å². The van der Waals surface area contributed by atoms with Crippen LogP contribution in [0.3, 0.4) is 0 Å². The Morgan fingerprint density at radius 3 is 2.11 bits per heavy atom. The Labute approximate surface area is 209 Å². The maximum absolute atomic E-state index is 12.6. The van der Waals surface area contributed by atoms with Gasteiger partial charge >= 0.3 is 5.97 Å². The molecule has 1 saturated heterocycles. The number of hydrogen-bond donors (Lipinski definition) is 1. The number of nitrogens with zero attached hydrogens (tertiary/aromatic N) is 1. The van der Waals surface area contributed by atoms with Gasteiger partial charge in [-0.25, -0.2) is 0 Å². The van der Waals surface area contributed by atoms with Gasteiger partial charge in [0.2, 0.25) is 5.91 Å². The van der Waals surface area contributed by atoms with Gasteiger partial charge in [0.1, 0.15) is 17.2 Å². The summed E-state index contributed by atoms with van der Waals surface area (Å²) < 4.78 is 16.2. The van der Waals surface area contributed by atoms with E-state index in [1.54, 1.807) is 60.5 Å². The highest BCUT2D eigenvalue weighted by Crippen LogP contribution is 2.29. The number of methoxy groups -OCH3 is 1. The molecule has 0 aromatic heterocycles. The molecule has 0 radical (unpaired) electrons. The molecule has 0 saturated carbocycles. The molecular formula is C28H28N2O6. The molecule has 0 bridgehead atoms. The summed E-state index contributed by atoms with van der Waals surface area (Å²) in [7, 11) is 1.60. The average molecular weight is 489 g/mol. The van der Waals surface area contributed by atoms with Crippen molar-refractivity contribution in [3.8, 4) is 17.2 Å². The van der Waals surface area contributed by atoms with E-state index in [9.17, 15) is 14.4 Å². The third-order valence-electron chi connectivity index (χ3n) is 5.75. The molecule has 8 heteroatoms. The topological polar surface area (TPSA) is 94.2 Å². The fourth-order valence-corrected chi connectivity index (χ4v) is 4.09. The first kappa shape index (κ1) is 24.8. The smallest absolute Gasteiger partial charge is 0.311 e. The minimum Gasteiger partial charge on any atom is -0.497 e. The molecule has 1 aliphatic heterocycles. The third kappa shape index (κ3) is 6.21. The molecule has 0 aliphatic carbocycles. The zero-order valence-corrected chi connectivity index (χ0v) is 20.4. The molecule has 2 amide bonds. The van der Waals surface area contributed by atoms with E-state index < -0.39 is 24.4 Å². The van der Waals surface area contributed by atoms with Crippen LogP contribution >= 0.6 is 0 Å². The van der Waals surface area contributed by atoms with Gasteiger partial charge in [0, 0.05) is 24.3 Å². The molecular weight excluding hydrogens is 460 g/mol. The third-order valence-corrected chi connectivity index (χ3v) is 5.75. The van der Waals surface area contributed by atoms with Crippen molar-refractivity contribution in [2.45, 2.75) is 20.3 Å². The van der Waals surface area contributed by atoms with E-state index in [4.69, 9.17) is 14.2 Å². The summed E-state index contributed by atoms with van der Waals surface area (Å²) >= 11 is 0. The van der Waals surface area contributed by atoms with Gasteiger partial charge in [-0.15, -0.1) is 0 Å². The predicted octanol–water partition coefficient (Wildman–Crippen LogP) is 4.64. The fourth-order valence-electron chi connectivity index (χ4n) is 4.09. The summed E-state index contributed by atoms with van der Waals surface area (Å²) in [6, 6.07) is 19.9. The first-order valence-electron chi connectivity index (χ1n) is 11.6. The normalized spacial score (nSPS) is 14.9. The van der Waals surface area contributed by atoms with Crippen molar-refractivity contribution < 1.29 is 28.6 Å². The number of carbonyl (C=O) groups is 3. The minimum atomic E-state index is -0.637. The summed E-state index contributed by atoms with van der Waals surface area (Å²) in [6.45, 7) is 3.66. The second-order valence-electron chi connectivity index (χ2n) is 8.71. The van der Waals surface area contributed by atoms with Crippen LogP contribution in [0, 0.1) is 19.8 Å². The summed E-state index contributed by atoms with van der Waals surface area (Å²) in [4.78, 5) is 38.8. The van der Waals surface area contributed by atoms with E-state index in [2.05, 4.69) is 5.32 Å². The number of aryl methyl sites for hydroxylation is 2. The van der Waals surface area contributed by atoms with Crippen molar-refractivity contribution in [1.29, 1.82) is 0 Å². The molecule has 1 aliphatic rings. The van der Waals surface area contributed by atoms with Crippen LogP contribution in [-0.2, 0) is 19.1 Å². The molecule has 1 atom stereocenters. The highest BCUT2D eigenvalue weighted by Gasteiger charge is 2.36. The SMILES string of the molecule is COc1ccc(Oc2ccc(N3C[C@@H](C(=O)OCC(=O)Nc4cc(C)cc(C)c4)CC3=O)cc2)cc1. The van der Waals surface area contributed by atoms with E-state index in [0.29, 0.717) is 22.9 Å². The Balaban J connectivity index is 1.29. The molecule has 1 N–H and O–H groups in total. The average Bonchev–Trinajstić information content (AvgIpc) is 3.24. The van der Waals surface area contributed by atoms with Gasteiger partial charge in [-0.05, 0) is 85.6 Å².